The smallest absolute Gasteiger partial charge is 0.0469 e. The summed E-state index contributed by atoms with van der Waals surface area (Å²) in [5.74, 6) is 5.77. The van der Waals surface area contributed by atoms with Crippen molar-refractivity contribution in [1.29, 1.82) is 0 Å². The lowest BCUT2D eigenvalue weighted by Gasteiger charge is -2.18. The van der Waals surface area contributed by atoms with E-state index in [4.69, 9.17) is 5.84 Å². The highest BCUT2D eigenvalue weighted by molar-refractivity contribution is 5.85. The molecule has 21 heavy (non-hydrogen) atoms. The molecule has 0 aliphatic heterocycles. The highest BCUT2D eigenvalue weighted by Gasteiger charge is 2.13. The first kappa shape index (κ1) is 13.7. The van der Waals surface area contributed by atoms with Crippen LogP contribution in [0.4, 0.5) is 0 Å². The average molecular weight is 278 g/mol. The second-order valence-corrected chi connectivity index (χ2v) is 5.02. The number of pyridine rings is 2. The zero-order valence-corrected chi connectivity index (χ0v) is 11.7. The molecule has 0 radical (unpaired) electrons. The summed E-state index contributed by atoms with van der Waals surface area (Å²) in [6.45, 7) is 0. The number of fused-ring (bicyclic) bond motifs is 1. The van der Waals surface area contributed by atoms with E-state index in [9.17, 15) is 0 Å². The molecule has 3 rings (SSSR count). The summed E-state index contributed by atoms with van der Waals surface area (Å²) in [4.78, 5) is 8.53. The van der Waals surface area contributed by atoms with Crippen molar-refractivity contribution in [3.63, 3.8) is 0 Å². The van der Waals surface area contributed by atoms with E-state index in [-0.39, 0.29) is 6.04 Å². The number of aryl methyl sites for hydroxylation is 1. The lowest BCUT2D eigenvalue weighted by Crippen LogP contribution is -2.28. The van der Waals surface area contributed by atoms with Gasteiger partial charge in [-0.2, -0.15) is 0 Å². The normalized spacial score (nSPS) is 12.4. The van der Waals surface area contributed by atoms with Crippen molar-refractivity contribution in [2.24, 2.45) is 5.84 Å². The van der Waals surface area contributed by atoms with Crippen LogP contribution in [0.25, 0.3) is 10.8 Å². The van der Waals surface area contributed by atoms with E-state index >= 15 is 0 Å². The maximum Gasteiger partial charge on any atom is 0.0469 e. The van der Waals surface area contributed by atoms with Gasteiger partial charge in [-0.15, -0.1) is 0 Å². The van der Waals surface area contributed by atoms with Gasteiger partial charge in [0.15, 0.2) is 0 Å². The van der Waals surface area contributed by atoms with Gasteiger partial charge in [-0.3, -0.25) is 21.2 Å². The highest BCUT2D eigenvalue weighted by atomic mass is 15.2. The monoisotopic (exact) mass is 278 g/mol. The number of nitrogens with one attached hydrogen (secondary N) is 1. The SMILES string of the molecule is NNC(CCc1ccccn1)c1cccc2cnccc12. The van der Waals surface area contributed by atoms with Crippen molar-refractivity contribution >= 4 is 10.8 Å². The lowest BCUT2D eigenvalue weighted by atomic mass is 9.96. The van der Waals surface area contributed by atoms with Gasteiger partial charge >= 0.3 is 0 Å². The van der Waals surface area contributed by atoms with Crippen LogP contribution in [-0.2, 0) is 6.42 Å². The van der Waals surface area contributed by atoms with Crippen molar-refractivity contribution in [2.45, 2.75) is 18.9 Å². The Morgan fingerprint density at radius 3 is 2.81 bits per heavy atom. The van der Waals surface area contributed by atoms with Gasteiger partial charge in [0.05, 0.1) is 0 Å². The number of benzene rings is 1. The molecule has 106 valence electrons. The molecular formula is C17H18N4. The van der Waals surface area contributed by atoms with Crippen LogP contribution in [0.15, 0.2) is 61.1 Å². The minimum absolute atomic E-state index is 0.0955. The fourth-order valence-corrected chi connectivity index (χ4v) is 2.62. The van der Waals surface area contributed by atoms with Crippen molar-refractivity contribution < 1.29 is 0 Å². The average Bonchev–Trinajstić information content (AvgIpc) is 2.56. The zero-order chi connectivity index (χ0) is 14.5. The molecule has 1 unspecified atom stereocenters. The molecule has 0 bridgehead atoms. The Morgan fingerprint density at radius 1 is 1.05 bits per heavy atom. The summed E-state index contributed by atoms with van der Waals surface area (Å²) in [7, 11) is 0. The van der Waals surface area contributed by atoms with Crippen molar-refractivity contribution in [1.82, 2.24) is 15.4 Å². The van der Waals surface area contributed by atoms with E-state index in [1.807, 2.05) is 48.9 Å². The van der Waals surface area contributed by atoms with E-state index in [2.05, 4.69) is 27.5 Å². The molecule has 0 aliphatic rings. The Bertz CT molecular complexity index is 707. The molecule has 2 heterocycles. The van der Waals surface area contributed by atoms with Crippen LogP contribution in [0, 0.1) is 0 Å². The highest BCUT2D eigenvalue weighted by Crippen LogP contribution is 2.26. The first-order chi connectivity index (χ1) is 10.4. The minimum Gasteiger partial charge on any atom is -0.271 e. The van der Waals surface area contributed by atoms with Crippen LogP contribution < -0.4 is 11.3 Å². The third-order valence-electron chi connectivity index (χ3n) is 3.71. The summed E-state index contributed by atoms with van der Waals surface area (Å²) in [5.41, 5.74) is 5.22. The molecule has 0 saturated carbocycles. The predicted octanol–water partition coefficient (Wildman–Crippen LogP) is 2.77. The number of hydrogen-bond donors (Lipinski definition) is 2. The lowest BCUT2D eigenvalue weighted by molar-refractivity contribution is 0.517. The second-order valence-electron chi connectivity index (χ2n) is 5.02. The van der Waals surface area contributed by atoms with Crippen LogP contribution in [0.2, 0.25) is 0 Å². The molecule has 0 saturated heterocycles. The number of aromatic nitrogens is 2. The standard InChI is InChI=1S/C17H18N4/c18-21-17(8-7-14-5-1-2-10-20-14)16-6-3-4-13-12-19-11-9-15(13)16/h1-6,9-12,17,21H,7-8,18H2. The maximum absolute atomic E-state index is 5.77. The summed E-state index contributed by atoms with van der Waals surface area (Å²) in [5, 5.41) is 2.32. The largest absolute Gasteiger partial charge is 0.271 e. The topological polar surface area (TPSA) is 63.8 Å². The number of nitrogens with two attached hydrogens (primary N) is 1. The van der Waals surface area contributed by atoms with Gasteiger partial charge < -0.3 is 0 Å². The summed E-state index contributed by atoms with van der Waals surface area (Å²) in [6.07, 6.45) is 7.30. The van der Waals surface area contributed by atoms with Gasteiger partial charge in [0.2, 0.25) is 0 Å². The van der Waals surface area contributed by atoms with Crippen LogP contribution in [0.3, 0.4) is 0 Å². The van der Waals surface area contributed by atoms with Gasteiger partial charge in [0.1, 0.15) is 0 Å². The number of nitrogens with zero attached hydrogens (tertiary/aromatic N) is 2. The fourth-order valence-electron chi connectivity index (χ4n) is 2.62. The van der Waals surface area contributed by atoms with Crippen LogP contribution in [0.1, 0.15) is 23.7 Å². The molecule has 1 atom stereocenters. The van der Waals surface area contributed by atoms with Gasteiger partial charge in [0.25, 0.3) is 0 Å². The van der Waals surface area contributed by atoms with Crippen molar-refractivity contribution in [3.8, 4) is 0 Å². The van der Waals surface area contributed by atoms with E-state index in [1.54, 1.807) is 0 Å². The zero-order valence-electron chi connectivity index (χ0n) is 11.7. The Labute approximate surface area is 124 Å². The fraction of sp³-hybridized carbons (Fsp3) is 0.176. The third-order valence-corrected chi connectivity index (χ3v) is 3.71. The van der Waals surface area contributed by atoms with Gasteiger partial charge in [-0.25, -0.2) is 0 Å². The third kappa shape index (κ3) is 3.07. The summed E-state index contributed by atoms with van der Waals surface area (Å²) in [6, 6.07) is 14.3. The van der Waals surface area contributed by atoms with E-state index < -0.39 is 0 Å². The molecule has 0 amide bonds. The summed E-state index contributed by atoms with van der Waals surface area (Å²) >= 11 is 0. The van der Waals surface area contributed by atoms with Crippen LogP contribution in [0.5, 0.6) is 0 Å². The van der Waals surface area contributed by atoms with Gasteiger partial charge in [0, 0.05) is 35.7 Å². The molecule has 4 heteroatoms. The van der Waals surface area contributed by atoms with E-state index in [0.29, 0.717) is 0 Å². The Morgan fingerprint density at radius 2 is 2.00 bits per heavy atom. The molecule has 1 aromatic carbocycles. The molecular weight excluding hydrogens is 260 g/mol. The van der Waals surface area contributed by atoms with E-state index in [0.717, 1.165) is 23.9 Å². The van der Waals surface area contributed by atoms with Crippen molar-refractivity contribution in [2.75, 3.05) is 0 Å². The quantitative estimate of drug-likeness (QED) is 0.556. The molecule has 4 nitrogen and oxygen atoms in total. The Hall–Kier alpha value is -2.30. The number of hydrogen-bond acceptors (Lipinski definition) is 4. The van der Waals surface area contributed by atoms with Crippen molar-refractivity contribution in [3.05, 3.63) is 72.3 Å². The second kappa shape index (κ2) is 6.43. The number of hydrazine groups is 1. The Balaban J connectivity index is 1.85. The molecule has 0 aliphatic carbocycles. The van der Waals surface area contributed by atoms with E-state index in [1.165, 1.54) is 10.9 Å². The van der Waals surface area contributed by atoms with Gasteiger partial charge in [-0.1, -0.05) is 24.3 Å². The van der Waals surface area contributed by atoms with Crippen LogP contribution in [-0.4, -0.2) is 9.97 Å². The minimum atomic E-state index is 0.0955. The molecule has 3 N–H and O–H groups in total. The maximum atomic E-state index is 5.77. The molecule has 3 aromatic rings. The van der Waals surface area contributed by atoms with Crippen LogP contribution >= 0.6 is 0 Å². The molecule has 0 spiro atoms. The summed E-state index contributed by atoms with van der Waals surface area (Å²) < 4.78 is 0. The van der Waals surface area contributed by atoms with Gasteiger partial charge in [-0.05, 0) is 42.0 Å². The predicted molar refractivity (Wildman–Crippen MR) is 84.4 cm³/mol. The first-order valence-electron chi connectivity index (χ1n) is 7.07. The molecule has 0 fully saturated rings. The molecule has 2 aromatic heterocycles. The first-order valence-corrected chi connectivity index (χ1v) is 7.07. The number of rotatable bonds is 5. The Kier molecular flexibility index (Phi) is 4.19.